The van der Waals surface area contributed by atoms with E-state index in [1.165, 1.54) is 31.7 Å². The van der Waals surface area contributed by atoms with Gasteiger partial charge in [0.05, 0.1) is 0 Å². The first-order valence-corrected chi connectivity index (χ1v) is 12.7. The van der Waals surface area contributed by atoms with Crippen molar-refractivity contribution in [3.8, 4) is 0 Å². The molecule has 9 nitrogen and oxygen atoms in total. The minimum atomic E-state index is -4.08. The van der Waals surface area contributed by atoms with Gasteiger partial charge in [0.25, 0.3) is 0 Å². The molecule has 2 aliphatic rings. The second kappa shape index (κ2) is 6.32. The van der Waals surface area contributed by atoms with Crippen LogP contribution in [0.5, 0.6) is 0 Å². The maximum absolute atomic E-state index is 13.1. The summed E-state index contributed by atoms with van der Waals surface area (Å²) in [5.41, 5.74) is 0. The molecule has 0 bridgehead atoms. The summed E-state index contributed by atoms with van der Waals surface area (Å²) in [4.78, 5) is 30.7. The van der Waals surface area contributed by atoms with Gasteiger partial charge in [0.2, 0.25) is 0 Å². The van der Waals surface area contributed by atoms with Crippen molar-refractivity contribution in [3.63, 3.8) is 0 Å². The van der Waals surface area contributed by atoms with Crippen LogP contribution in [0, 0.1) is 0 Å². The van der Waals surface area contributed by atoms with Gasteiger partial charge in [-0.25, -0.2) is 0 Å². The third-order valence-electron chi connectivity index (χ3n) is 4.93. The summed E-state index contributed by atoms with van der Waals surface area (Å²) in [5, 5.41) is 0. The number of hydrogen-bond acceptors (Lipinski definition) is 5. The van der Waals surface area contributed by atoms with Crippen LogP contribution in [0.1, 0.15) is 0 Å². The minimum absolute atomic E-state index is 0.0633. The number of benzene rings is 1. The average molecular weight is 416 g/mol. The number of amides is 4. The summed E-state index contributed by atoms with van der Waals surface area (Å²) < 4.78 is 32.3. The van der Waals surface area contributed by atoms with Crippen LogP contribution < -0.4 is 0 Å². The van der Waals surface area contributed by atoms with Crippen LogP contribution in [0.2, 0.25) is 0 Å². The zero-order chi connectivity index (χ0) is 20.1. The number of urea groups is 2. The third kappa shape index (κ3) is 3.37. The average Bonchev–Trinajstić information content (AvgIpc) is 2.58. The van der Waals surface area contributed by atoms with Crippen molar-refractivity contribution in [1.29, 1.82) is 0 Å². The van der Waals surface area contributed by atoms with Crippen molar-refractivity contribution < 1.29 is 22.0 Å². The molecule has 2 fully saturated rings. The zero-order valence-corrected chi connectivity index (χ0v) is 17.6. The molecule has 4 amide bonds. The Morgan fingerprint density at radius 2 is 1.15 bits per heavy atom. The molecule has 11 heteroatoms. The van der Waals surface area contributed by atoms with E-state index in [4.69, 9.17) is 3.97 Å². The van der Waals surface area contributed by atoms with Crippen LogP contribution >= 0.6 is 6.83 Å². The van der Waals surface area contributed by atoms with Gasteiger partial charge in [-0.3, -0.25) is 0 Å². The Morgan fingerprint density at radius 3 is 1.52 bits per heavy atom. The SMILES string of the molecule is CN1CP2(OS(=O)(=O)c3ccccc3)(CN(C)C1=O)CN(C)C(=O)N(C)C2. The van der Waals surface area contributed by atoms with Crippen LogP contribution in [0.25, 0.3) is 0 Å². The van der Waals surface area contributed by atoms with Crippen LogP contribution in [0.3, 0.4) is 0 Å². The molecule has 0 aliphatic carbocycles. The summed E-state index contributed by atoms with van der Waals surface area (Å²) in [6.45, 7) is -3.60. The van der Waals surface area contributed by atoms with E-state index in [1.807, 2.05) is 0 Å². The summed E-state index contributed by atoms with van der Waals surface area (Å²) in [6.07, 6.45) is 0.678. The number of nitrogens with zero attached hydrogens (tertiary/aromatic N) is 4. The molecule has 150 valence electrons. The molecule has 0 unspecified atom stereocenters. The first-order chi connectivity index (χ1) is 12.5. The van der Waals surface area contributed by atoms with Crippen LogP contribution in [-0.4, -0.2) is 93.4 Å². The molecule has 1 spiro atoms. The normalized spacial score (nSPS) is 24.1. The molecule has 0 aromatic heterocycles. The van der Waals surface area contributed by atoms with Crippen molar-refractivity contribution in [2.24, 2.45) is 0 Å². The van der Waals surface area contributed by atoms with Gasteiger partial charge in [-0.1, -0.05) is 0 Å². The van der Waals surface area contributed by atoms with E-state index in [1.54, 1.807) is 46.4 Å². The Balaban J connectivity index is 2.12. The van der Waals surface area contributed by atoms with Gasteiger partial charge in [-0.2, -0.15) is 0 Å². The Bertz CT molecular complexity index is 807. The van der Waals surface area contributed by atoms with Gasteiger partial charge in [0.1, 0.15) is 0 Å². The predicted octanol–water partition coefficient (Wildman–Crippen LogP) is 1.68. The fraction of sp³-hybridized carbons (Fsp3) is 0.500. The predicted molar refractivity (Wildman–Crippen MR) is 103 cm³/mol. The van der Waals surface area contributed by atoms with E-state index in [-0.39, 0.29) is 42.1 Å². The first kappa shape index (κ1) is 19.9. The van der Waals surface area contributed by atoms with Crippen molar-refractivity contribution in [2.45, 2.75) is 4.90 Å². The molecule has 1 aromatic carbocycles. The molecular formula is C16H25N4O5PS. The molecule has 2 aliphatic heterocycles. The Hall–Kier alpha value is -1.90. The van der Waals surface area contributed by atoms with E-state index in [2.05, 4.69) is 0 Å². The summed E-state index contributed by atoms with van der Waals surface area (Å²) in [7, 11) is 2.43. The van der Waals surface area contributed by atoms with E-state index < -0.39 is 16.9 Å². The number of hydrogen-bond donors (Lipinski definition) is 0. The van der Waals surface area contributed by atoms with Crippen LogP contribution in [0.4, 0.5) is 9.59 Å². The number of carbonyl (C=O) groups is 2. The second-order valence-corrected chi connectivity index (χ2v) is 14.4. The van der Waals surface area contributed by atoms with Crippen molar-refractivity contribution in [3.05, 3.63) is 30.3 Å². The number of rotatable bonds is 3. The Morgan fingerprint density at radius 1 is 0.778 bits per heavy atom. The van der Waals surface area contributed by atoms with E-state index >= 15 is 0 Å². The van der Waals surface area contributed by atoms with Crippen LogP contribution in [-0.2, 0) is 14.1 Å². The van der Waals surface area contributed by atoms with Gasteiger partial charge in [-0.05, 0) is 0 Å². The molecule has 3 rings (SSSR count). The van der Waals surface area contributed by atoms with Gasteiger partial charge in [-0.15, -0.1) is 0 Å². The van der Waals surface area contributed by atoms with Gasteiger partial charge in [0.15, 0.2) is 0 Å². The Kier molecular flexibility index (Phi) is 4.65. The summed E-state index contributed by atoms with van der Waals surface area (Å²) in [6, 6.07) is 7.55. The molecular weight excluding hydrogens is 391 g/mol. The molecule has 2 saturated heterocycles. The second-order valence-electron chi connectivity index (χ2n) is 7.62. The quantitative estimate of drug-likeness (QED) is 0.700. The van der Waals surface area contributed by atoms with E-state index in [9.17, 15) is 18.0 Å². The zero-order valence-electron chi connectivity index (χ0n) is 15.9. The first-order valence-electron chi connectivity index (χ1n) is 8.42. The molecule has 1 aromatic rings. The Labute approximate surface area is 159 Å². The summed E-state index contributed by atoms with van der Waals surface area (Å²) >= 11 is 0. The molecule has 0 saturated carbocycles. The topological polar surface area (TPSA) is 90.5 Å². The molecule has 0 radical (unpaired) electrons. The fourth-order valence-corrected chi connectivity index (χ4v) is 13.4. The van der Waals surface area contributed by atoms with E-state index in [0.29, 0.717) is 0 Å². The fourth-order valence-electron chi connectivity index (χ4n) is 4.24. The standard InChI is InChI=1S/C16H25N4O5PS/c1-17-10-26(11-18(2)15(17)21,12-19(3)16(22)20(4)13-26)25-27(23,24)14-8-6-5-7-9-14/h5-9H,10-13H2,1-4H3. The van der Waals surface area contributed by atoms with Gasteiger partial charge < -0.3 is 0 Å². The molecule has 0 N–H and O–H groups in total. The number of carbonyl (C=O) groups excluding carboxylic acids is 2. The van der Waals surface area contributed by atoms with Crippen molar-refractivity contribution in [2.75, 3.05) is 53.3 Å². The molecule has 2 heterocycles. The third-order valence-corrected chi connectivity index (χ3v) is 12.8. The molecule has 27 heavy (non-hydrogen) atoms. The molecule has 0 atom stereocenters. The van der Waals surface area contributed by atoms with E-state index in [0.717, 1.165) is 0 Å². The monoisotopic (exact) mass is 416 g/mol. The van der Waals surface area contributed by atoms with Crippen molar-refractivity contribution >= 4 is 29.0 Å². The van der Waals surface area contributed by atoms with Gasteiger partial charge >= 0.3 is 159 Å². The van der Waals surface area contributed by atoms with Gasteiger partial charge in [0, 0.05) is 0 Å². The summed E-state index contributed by atoms with van der Waals surface area (Å²) in [5.74, 6) is 0. The maximum atomic E-state index is 13.1. The van der Waals surface area contributed by atoms with Crippen LogP contribution in [0.15, 0.2) is 35.2 Å². The van der Waals surface area contributed by atoms with Crippen molar-refractivity contribution in [1.82, 2.24) is 19.6 Å².